The summed E-state index contributed by atoms with van der Waals surface area (Å²) >= 11 is 0. The second kappa shape index (κ2) is 8.70. The Hall–Kier alpha value is -1.84. The fraction of sp³-hybridized carbons (Fsp3) is 0.400. The number of ether oxygens (including phenoxy) is 3. The third-order valence-electron chi connectivity index (χ3n) is 3.67. The van der Waals surface area contributed by atoms with Gasteiger partial charge >= 0.3 is 0 Å². The molecule has 0 aliphatic heterocycles. The van der Waals surface area contributed by atoms with E-state index in [2.05, 4.69) is 38.1 Å². The third-order valence-corrected chi connectivity index (χ3v) is 3.67. The molecule has 124 valence electrons. The maximum absolute atomic E-state index is 6.04. The van der Waals surface area contributed by atoms with Crippen molar-refractivity contribution in [2.75, 3.05) is 13.2 Å². The van der Waals surface area contributed by atoms with Crippen molar-refractivity contribution in [2.24, 2.45) is 0 Å². The first-order chi connectivity index (χ1) is 11.2. The van der Waals surface area contributed by atoms with Crippen molar-refractivity contribution < 1.29 is 14.2 Å². The third kappa shape index (κ3) is 4.81. The lowest BCUT2D eigenvalue weighted by Crippen LogP contribution is -2.12. The lowest BCUT2D eigenvalue weighted by molar-refractivity contribution is -0.140. The molecule has 0 heterocycles. The lowest BCUT2D eigenvalue weighted by Gasteiger charge is -2.20. The van der Waals surface area contributed by atoms with Gasteiger partial charge in [-0.1, -0.05) is 36.4 Å². The Balaban J connectivity index is 2.18. The van der Waals surface area contributed by atoms with E-state index in [-0.39, 0.29) is 6.29 Å². The van der Waals surface area contributed by atoms with Crippen LogP contribution in [0.1, 0.15) is 42.4 Å². The predicted molar refractivity (Wildman–Crippen MR) is 92.7 cm³/mol. The van der Waals surface area contributed by atoms with Gasteiger partial charge in [-0.05, 0) is 50.5 Å². The van der Waals surface area contributed by atoms with Crippen LogP contribution in [-0.2, 0) is 16.1 Å². The Morgan fingerprint density at radius 1 is 0.913 bits per heavy atom. The number of benzene rings is 2. The summed E-state index contributed by atoms with van der Waals surface area (Å²) in [5, 5.41) is 0. The van der Waals surface area contributed by atoms with Gasteiger partial charge in [-0.3, -0.25) is 0 Å². The minimum atomic E-state index is -0.344. The number of hydrogen-bond acceptors (Lipinski definition) is 3. The molecule has 0 bridgehead atoms. The maximum atomic E-state index is 6.04. The van der Waals surface area contributed by atoms with Crippen LogP contribution in [0.4, 0.5) is 0 Å². The summed E-state index contributed by atoms with van der Waals surface area (Å²) in [6.45, 7) is 9.79. The van der Waals surface area contributed by atoms with Crippen LogP contribution in [0.15, 0.2) is 42.5 Å². The minimum Gasteiger partial charge on any atom is -0.489 e. The van der Waals surface area contributed by atoms with Crippen LogP contribution in [-0.4, -0.2) is 13.2 Å². The van der Waals surface area contributed by atoms with Gasteiger partial charge in [0.25, 0.3) is 0 Å². The van der Waals surface area contributed by atoms with E-state index in [0.717, 1.165) is 22.4 Å². The molecule has 0 N–H and O–H groups in total. The van der Waals surface area contributed by atoms with Gasteiger partial charge < -0.3 is 14.2 Å². The van der Waals surface area contributed by atoms with Crippen molar-refractivity contribution in [3.05, 3.63) is 64.7 Å². The molecule has 2 aromatic rings. The van der Waals surface area contributed by atoms with Crippen molar-refractivity contribution in [1.82, 2.24) is 0 Å². The molecule has 0 aromatic heterocycles. The minimum absolute atomic E-state index is 0.344. The second-order valence-electron chi connectivity index (χ2n) is 5.50. The van der Waals surface area contributed by atoms with E-state index in [9.17, 15) is 0 Å². The molecule has 23 heavy (non-hydrogen) atoms. The van der Waals surface area contributed by atoms with Crippen LogP contribution in [0, 0.1) is 13.8 Å². The van der Waals surface area contributed by atoms with Crippen LogP contribution >= 0.6 is 0 Å². The molecule has 0 radical (unpaired) electrons. The summed E-state index contributed by atoms with van der Waals surface area (Å²) in [6, 6.07) is 14.4. The summed E-state index contributed by atoms with van der Waals surface area (Å²) in [4.78, 5) is 0. The molecule has 0 amide bonds. The lowest BCUT2D eigenvalue weighted by atomic mass is 10.1. The first-order valence-electron chi connectivity index (χ1n) is 8.16. The zero-order valence-corrected chi connectivity index (χ0v) is 14.5. The van der Waals surface area contributed by atoms with Crippen LogP contribution in [0.25, 0.3) is 0 Å². The van der Waals surface area contributed by atoms with Crippen LogP contribution in [0.2, 0.25) is 0 Å². The predicted octanol–water partition coefficient (Wildman–Crippen LogP) is 4.95. The first kappa shape index (κ1) is 17.5. The van der Waals surface area contributed by atoms with Crippen LogP contribution in [0.3, 0.4) is 0 Å². The van der Waals surface area contributed by atoms with Gasteiger partial charge in [0.1, 0.15) is 12.4 Å². The fourth-order valence-corrected chi connectivity index (χ4v) is 2.44. The topological polar surface area (TPSA) is 27.7 Å². The van der Waals surface area contributed by atoms with E-state index in [4.69, 9.17) is 14.2 Å². The molecule has 0 atom stereocenters. The zero-order chi connectivity index (χ0) is 16.7. The summed E-state index contributed by atoms with van der Waals surface area (Å²) in [5.74, 6) is 0.921. The molecule has 0 aliphatic rings. The monoisotopic (exact) mass is 314 g/mol. The number of aryl methyl sites for hydroxylation is 2. The average molecular weight is 314 g/mol. The van der Waals surface area contributed by atoms with Crippen molar-refractivity contribution in [3.63, 3.8) is 0 Å². The van der Waals surface area contributed by atoms with E-state index in [1.807, 2.05) is 32.0 Å². The van der Waals surface area contributed by atoms with Crippen molar-refractivity contribution in [3.8, 4) is 5.75 Å². The maximum Gasteiger partial charge on any atom is 0.184 e. The van der Waals surface area contributed by atoms with Crippen molar-refractivity contribution in [1.29, 1.82) is 0 Å². The molecule has 0 spiro atoms. The molecule has 0 aliphatic carbocycles. The zero-order valence-electron chi connectivity index (χ0n) is 14.5. The van der Waals surface area contributed by atoms with Gasteiger partial charge in [0, 0.05) is 18.8 Å². The van der Waals surface area contributed by atoms with Crippen LogP contribution in [0.5, 0.6) is 5.75 Å². The fourth-order valence-electron chi connectivity index (χ4n) is 2.44. The highest BCUT2D eigenvalue weighted by Gasteiger charge is 2.15. The SMILES string of the molecule is CCOC(OCC)c1ccccc1COc1cc(C)ccc1C. The molecule has 3 heteroatoms. The quantitative estimate of drug-likeness (QED) is 0.645. The summed E-state index contributed by atoms with van der Waals surface area (Å²) in [5.41, 5.74) is 4.45. The van der Waals surface area contributed by atoms with Crippen molar-refractivity contribution in [2.45, 2.75) is 40.6 Å². The highest BCUT2D eigenvalue weighted by Crippen LogP contribution is 2.25. The molecule has 0 unspecified atom stereocenters. The largest absolute Gasteiger partial charge is 0.489 e. The second-order valence-corrected chi connectivity index (χ2v) is 5.50. The highest BCUT2D eigenvalue weighted by molar-refractivity contribution is 5.36. The van der Waals surface area contributed by atoms with Gasteiger partial charge in [-0.15, -0.1) is 0 Å². The summed E-state index contributed by atoms with van der Waals surface area (Å²) in [6.07, 6.45) is -0.344. The summed E-state index contributed by atoms with van der Waals surface area (Å²) in [7, 11) is 0. The van der Waals surface area contributed by atoms with E-state index >= 15 is 0 Å². The molecule has 2 rings (SSSR count). The number of hydrogen-bond donors (Lipinski definition) is 0. The first-order valence-corrected chi connectivity index (χ1v) is 8.16. The van der Waals surface area contributed by atoms with E-state index in [0.29, 0.717) is 19.8 Å². The molecular weight excluding hydrogens is 288 g/mol. The van der Waals surface area contributed by atoms with Gasteiger partial charge in [0.2, 0.25) is 0 Å². The molecule has 2 aromatic carbocycles. The smallest absolute Gasteiger partial charge is 0.184 e. The molecule has 0 fully saturated rings. The standard InChI is InChI=1S/C20H26O3/c1-5-21-20(22-6-2)18-10-8-7-9-17(18)14-23-19-13-15(3)11-12-16(19)4/h7-13,20H,5-6,14H2,1-4H3. The molecule has 0 saturated heterocycles. The van der Waals surface area contributed by atoms with Gasteiger partial charge in [-0.25, -0.2) is 0 Å². The Bertz CT molecular complexity index is 616. The van der Waals surface area contributed by atoms with E-state index in [1.165, 1.54) is 5.56 Å². The van der Waals surface area contributed by atoms with E-state index in [1.54, 1.807) is 0 Å². The Kier molecular flexibility index (Phi) is 6.63. The van der Waals surface area contributed by atoms with Crippen LogP contribution < -0.4 is 4.74 Å². The Labute approximate surface area is 139 Å². The highest BCUT2D eigenvalue weighted by atomic mass is 16.7. The Morgan fingerprint density at radius 2 is 1.61 bits per heavy atom. The molecule has 3 nitrogen and oxygen atoms in total. The van der Waals surface area contributed by atoms with Gasteiger partial charge in [-0.2, -0.15) is 0 Å². The van der Waals surface area contributed by atoms with Crippen molar-refractivity contribution >= 4 is 0 Å². The average Bonchev–Trinajstić information content (AvgIpc) is 2.56. The normalized spacial score (nSPS) is 11.0. The molecular formula is C20H26O3. The number of rotatable bonds is 8. The van der Waals surface area contributed by atoms with Gasteiger partial charge in [0.15, 0.2) is 6.29 Å². The molecule has 0 saturated carbocycles. The van der Waals surface area contributed by atoms with E-state index < -0.39 is 0 Å². The Morgan fingerprint density at radius 3 is 2.30 bits per heavy atom. The summed E-state index contributed by atoms with van der Waals surface area (Å²) < 4.78 is 17.5. The van der Waals surface area contributed by atoms with Gasteiger partial charge in [0.05, 0.1) is 0 Å².